The number of aliphatic hydroxyl groups excluding tert-OH is 1. The molecule has 1 aromatic rings. The fourth-order valence-corrected chi connectivity index (χ4v) is 1.17. The molecule has 0 aliphatic heterocycles. The number of pyridine rings is 1. The molecule has 1 rings (SSSR count). The van der Waals surface area contributed by atoms with Crippen LogP contribution >= 0.6 is 0 Å². The zero-order valence-electron chi connectivity index (χ0n) is 7.64. The zero-order chi connectivity index (χ0) is 9.84. The largest absolute Gasteiger partial charge is 0.391 e. The first kappa shape index (κ1) is 9.95. The number of nitrogens with two attached hydrogens (primary N) is 2. The number of hydrogen-bond acceptors (Lipinski definition) is 4. The van der Waals surface area contributed by atoms with Gasteiger partial charge in [0.25, 0.3) is 0 Å². The second-order valence-electron chi connectivity index (χ2n) is 2.98. The molecule has 0 saturated heterocycles. The third-order valence-electron chi connectivity index (χ3n) is 2.06. The van der Waals surface area contributed by atoms with Gasteiger partial charge in [-0.25, -0.2) is 4.98 Å². The van der Waals surface area contributed by atoms with Crippen LogP contribution < -0.4 is 11.5 Å². The van der Waals surface area contributed by atoms with Gasteiger partial charge in [0.1, 0.15) is 5.82 Å². The number of hydrogen-bond donors (Lipinski definition) is 3. The van der Waals surface area contributed by atoms with E-state index in [9.17, 15) is 5.11 Å². The average Bonchev–Trinajstić information content (AvgIpc) is 2.16. The molecule has 0 aliphatic rings. The molecule has 0 radical (unpaired) electrons. The van der Waals surface area contributed by atoms with Crippen LogP contribution in [0.1, 0.15) is 24.9 Å². The lowest BCUT2D eigenvalue weighted by Gasteiger charge is -2.18. The Labute approximate surface area is 77.6 Å². The van der Waals surface area contributed by atoms with E-state index in [1.165, 1.54) is 0 Å². The van der Waals surface area contributed by atoms with Crippen molar-refractivity contribution < 1.29 is 5.11 Å². The highest BCUT2D eigenvalue weighted by Gasteiger charge is 2.17. The highest BCUT2D eigenvalue weighted by molar-refractivity contribution is 5.41. The second-order valence-corrected chi connectivity index (χ2v) is 2.98. The van der Waals surface area contributed by atoms with Crippen LogP contribution in [0.5, 0.6) is 0 Å². The molecule has 0 fully saturated rings. The Morgan fingerprint density at radius 2 is 2.31 bits per heavy atom. The molecule has 0 aliphatic carbocycles. The van der Waals surface area contributed by atoms with Crippen LogP contribution in [0.3, 0.4) is 0 Å². The molecule has 0 aromatic carbocycles. The summed E-state index contributed by atoms with van der Waals surface area (Å²) < 4.78 is 0. The van der Waals surface area contributed by atoms with E-state index in [1.54, 1.807) is 18.3 Å². The van der Waals surface area contributed by atoms with Gasteiger partial charge in [-0.3, -0.25) is 0 Å². The lowest BCUT2D eigenvalue weighted by molar-refractivity contribution is 0.141. The zero-order valence-corrected chi connectivity index (χ0v) is 7.64. The molecule has 4 heteroatoms. The normalized spacial score (nSPS) is 15.3. The molecule has 0 bridgehead atoms. The van der Waals surface area contributed by atoms with Gasteiger partial charge in [-0.15, -0.1) is 0 Å². The van der Waals surface area contributed by atoms with Gasteiger partial charge >= 0.3 is 0 Å². The maximum absolute atomic E-state index is 9.50. The average molecular weight is 181 g/mol. The van der Waals surface area contributed by atoms with E-state index in [1.807, 2.05) is 6.92 Å². The highest BCUT2D eigenvalue weighted by atomic mass is 16.3. The number of anilines is 1. The minimum atomic E-state index is -0.563. The van der Waals surface area contributed by atoms with Crippen molar-refractivity contribution in [2.24, 2.45) is 5.73 Å². The molecule has 13 heavy (non-hydrogen) atoms. The molecular formula is C9H15N3O. The monoisotopic (exact) mass is 181 g/mol. The Hall–Kier alpha value is -1.13. The van der Waals surface area contributed by atoms with E-state index in [2.05, 4.69) is 4.98 Å². The van der Waals surface area contributed by atoms with Crippen LogP contribution in [0.2, 0.25) is 0 Å². The van der Waals surface area contributed by atoms with E-state index in [0.717, 1.165) is 0 Å². The lowest BCUT2D eigenvalue weighted by Crippen LogP contribution is -2.26. The van der Waals surface area contributed by atoms with Gasteiger partial charge in [-0.2, -0.15) is 0 Å². The van der Waals surface area contributed by atoms with Crippen LogP contribution in [0.25, 0.3) is 0 Å². The summed E-state index contributed by atoms with van der Waals surface area (Å²) in [6.45, 7) is 1.87. The van der Waals surface area contributed by atoms with E-state index in [4.69, 9.17) is 11.5 Å². The molecule has 2 atom stereocenters. The van der Waals surface area contributed by atoms with Crippen molar-refractivity contribution in [3.63, 3.8) is 0 Å². The van der Waals surface area contributed by atoms with Crippen molar-refractivity contribution in [2.75, 3.05) is 5.73 Å². The van der Waals surface area contributed by atoms with Crippen LogP contribution in [0.4, 0.5) is 5.82 Å². The third-order valence-corrected chi connectivity index (χ3v) is 2.06. The summed E-state index contributed by atoms with van der Waals surface area (Å²) in [6, 6.07) is 3.10. The van der Waals surface area contributed by atoms with E-state index >= 15 is 0 Å². The van der Waals surface area contributed by atoms with Crippen LogP contribution in [0.15, 0.2) is 18.3 Å². The summed E-state index contributed by atoms with van der Waals surface area (Å²) >= 11 is 0. The first-order valence-electron chi connectivity index (χ1n) is 4.30. The summed E-state index contributed by atoms with van der Waals surface area (Å²) in [5.41, 5.74) is 12.1. The summed E-state index contributed by atoms with van der Waals surface area (Å²) in [6.07, 6.45) is 1.64. The van der Waals surface area contributed by atoms with Crippen molar-refractivity contribution in [1.82, 2.24) is 4.98 Å². The highest BCUT2D eigenvalue weighted by Crippen LogP contribution is 2.19. The molecule has 0 amide bonds. The quantitative estimate of drug-likeness (QED) is 0.631. The Morgan fingerprint density at radius 3 is 2.85 bits per heavy atom. The number of nitrogen functional groups attached to an aromatic ring is 1. The topological polar surface area (TPSA) is 85.2 Å². The predicted octanol–water partition coefficient (Wildman–Crippen LogP) is 0.435. The van der Waals surface area contributed by atoms with Gasteiger partial charge in [0, 0.05) is 11.8 Å². The Kier molecular flexibility index (Phi) is 3.22. The smallest absolute Gasteiger partial charge is 0.128 e. The van der Waals surface area contributed by atoms with Gasteiger partial charge in [0.2, 0.25) is 0 Å². The summed E-state index contributed by atoms with van der Waals surface area (Å²) in [4.78, 5) is 3.90. The van der Waals surface area contributed by atoms with Gasteiger partial charge in [0.05, 0.1) is 12.1 Å². The first-order chi connectivity index (χ1) is 6.16. The van der Waals surface area contributed by atoms with Gasteiger partial charge in [0.15, 0.2) is 0 Å². The number of aliphatic hydroxyl groups is 1. The standard InChI is InChI=1S/C9H15N3O/c1-2-7(13)8(10)6-4-3-5-12-9(6)11/h3-5,7-8,13H,2,10H2,1H3,(H2,11,12). The van der Waals surface area contributed by atoms with Crippen LogP contribution in [0, 0.1) is 0 Å². The molecule has 1 aromatic heterocycles. The summed E-state index contributed by atoms with van der Waals surface area (Å²) in [7, 11) is 0. The second kappa shape index (κ2) is 4.20. The minimum Gasteiger partial charge on any atom is -0.391 e. The number of rotatable bonds is 3. The van der Waals surface area contributed by atoms with Crippen LogP contribution in [-0.4, -0.2) is 16.2 Å². The third kappa shape index (κ3) is 2.17. The number of aromatic nitrogens is 1. The Morgan fingerprint density at radius 1 is 1.62 bits per heavy atom. The maximum atomic E-state index is 9.50. The molecular weight excluding hydrogens is 166 g/mol. The predicted molar refractivity (Wildman–Crippen MR) is 51.9 cm³/mol. The molecule has 4 nitrogen and oxygen atoms in total. The van der Waals surface area contributed by atoms with Crippen LogP contribution in [-0.2, 0) is 0 Å². The molecule has 72 valence electrons. The molecule has 0 spiro atoms. The molecule has 0 saturated carbocycles. The van der Waals surface area contributed by atoms with Crippen molar-refractivity contribution in [3.8, 4) is 0 Å². The molecule has 1 heterocycles. The number of nitrogens with zero attached hydrogens (tertiary/aromatic N) is 1. The van der Waals surface area contributed by atoms with Gasteiger partial charge < -0.3 is 16.6 Å². The minimum absolute atomic E-state index is 0.391. The first-order valence-corrected chi connectivity index (χ1v) is 4.30. The molecule has 5 N–H and O–H groups in total. The lowest BCUT2D eigenvalue weighted by atomic mass is 10.0. The maximum Gasteiger partial charge on any atom is 0.128 e. The SMILES string of the molecule is CCC(O)C(N)c1cccnc1N. The Bertz CT molecular complexity index is 277. The molecule has 2 unspecified atom stereocenters. The summed E-state index contributed by atoms with van der Waals surface area (Å²) in [5, 5.41) is 9.50. The summed E-state index contributed by atoms with van der Waals surface area (Å²) in [5.74, 6) is 0.391. The van der Waals surface area contributed by atoms with E-state index in [-0.39, 0.29) is 0 Å². The van der Waals surface area contributed by atoms with Crippen molar-refractivity contribution in [1.29, 1.82) is 0 Å². The Balaban J connectivity index is 2.88. The van der Waals surface area contributed by atoms with Gasteiger partial charge in [-0.05, 0) is 12.5 Å². The van der Waals surface area contributed by atoms with Gasteiger partial charge in [-0.1, -0.05) is 13.0 Å². The fraction of sp³-hybridized carbons (Fsp3) is 0.444. The van der Waals surface area contributed by atoms with Crippen molar-refractivity contribution in [3.05, 3.63) is 23.9 Å². The van der Waals surface area contributed by atoms with E-state index < -0.39 is 12.1 Å². The van der Waals surface area contributed by atoms with E-state index in [0.29, 0.717) is 17.8 Å². The van der Waals surface area contributed by atoms with Crippen molar-refractivity contribution >= 4 is 5.82 Å². The van der Waals surface area contributed by atoms with Crippen molar-refractivity contribution in [2.45, 2.75) is 25.5 Å². The fourth-order valence-electron chi connectivity index (χ4n) is 1.17.